The number of rotatable bonds is 8. The van der Waals surface area contributed by atoms with Crippen LogP contribution >= 0.6 is 0 Å². The highest BCUT2D eigenvalue weighted by molar-refractivity contribution is 5.84. The number of aromatic nitrogens is 1. The molecule has 0 aliphatic carbocycles. The molecule has 5 heteroatoms. The van der Waals surface area contributed by atoms with Gasteiger partial charge in [-0.15, -0.1) is 0 Å². The Bertz CT molecular complexity index is 1000. The van der Waals surface area contributed by atoms with Crippen molar-refractivity contribution in [3.05, 3.63) is 71.7 Å². The standard InChI is InChI=1S/C26H32FN3O/c1-29(19-23-11-10-22-7-5-9-25(31-2)26(22)28-23)18-20-12-15-30(16-13-20)17-14-21-6-3-4-8-24(21)27/h3-11,20H,12-19H2,1-2H3. The third-order valence-electron chi connectivity index (χ3n) is 6.32. The molecule has 0 amide bonds. The number of nitrogens with zero attached hydrogens (tertiary/aromatic N) is 3. The van der Waals surface area contributed by atoms with Crippen LogP contribution in [-0.4, -0.2) is 55.1 Å². The van der Waals surface area contributed by atoms with E-state index in [1.807, 2.05) is 24.3 Å². The van der Waals surface area contributed by atoms with Gasteiger partial charge < -0.3 is 14.5 Å². The molecule has 4 nitrogen and oxygen atoms in total. The number of likely N-dealkylation sites (tertiary alicyclic amines) is 1. The van der Waals surface area contributed by atoms with Gasteiger partial charge in [0.1, 0.15) is 17.1 Å². The molecule has 0 atom stereocenters. The highest BCUT2D eigenvalue weighted by atomic mass is 19.1. The van der Waals surface area contributed by atoms with Gasteiger partial charge in [0.05, 0.1) is 12.8 Å². The fourth-order valence-corrected chi connectivity index (χ4v) is 4.57. The molecule has 4 rings (SSSR count). The van der Waals surface area contributed by atoms with Crippen LogP contribution in [0, 0.1) is 11.7 Å². The summed E-state index contributed by atoms with van der Waals surface area (Å²) in [7, 11) is 3.87. The van der Waals surface area contributed by atoms with E-state index in [4.69, 9.17) is 9.72 Å². The summed E-state index contributed by atoms with van der Waals surface area (Å²) < 4.78 is 19.3. The Labute approximate surface area is 184 Å². The molecular weight excluding hydrogens is 389 g/mol. The summed E-state index contributed by atoms with van der Waals surface area (Å²) in [6.45, 7) is 5.04. The van der Waals surface area contributed by atoms with Crippen LogP contribution in [0.3, 0.4) is 0 Å². The van der Waals surface area contributed by atoms with E-state index >= 15 is 0 Å². The Morgan fingerprint density at radius 1 is 1.06 bits per heavy atom. The largest absolute Gasteiger partial charge is 0.494 e. The van der Waals surface area contributed by atoms with Crippen molar-refractivity contribution < 1.29 is 9.13 Å². The predicted octanol–water partition coefficient (Wildman–Crippen LogP) is 4.77. The van der Waals surface area contributed by atoms with Crippen molar-refractivity contribution in [1.82, 2.24) is 14.8 Å². The molecule has 1 aromatic heterocycles. The second kappa shape index (κ2) is 10.2. The van der Waals surface area contributed by atoms with E-state index in [-0.39, 0.29) is 5.82 Å². The molecular formula is C26H32FN3O. The van der Waals surface area contributed by atoms with E-state index in [0.29, 0.717) is 5.92 Å². The van der Waals surface area contributed by atoms with E-state index in [1.165, 1.54) is 12.8 Å². The van der Waals surface area contributed by atoms with Gasteiger partial charge in [0.15, 0.2) is 0 Å². The van der Waals surface area contributed by atoms with E-state index < -0.39 is 0 Å². The van der Waals surface area contributed by atoms with Crippen LogP contribution in [0.15, 0.2) is 54.6 Å². The van der Waals surface area contributed by atoms with Gasteiger partial charge in [0.25, 0.3) is 0 Å². The highest BCUT2D eigenvalue weighted by Crippen LogP contribution is 2.24. The molecule has 0 saturated carbocycles. The summed E-state index contributed by atoms with van der Waals surface area (Å²) in [5, 5.41) is 1.11. The normalized spacial score (nSPS) is 15.6. The summed E-state index contributed by atoms with van der Waals surface area (Å²) in [6, 6.07) is 17.4. The maximum atomic E-state index is 13.8. The molecule has 3 aromatic rings. The minimum absolute atomic E-state index is 0.0843. The highest BCUT2D eigenvalue weighted by Gasteiger charge is 2.20. The summed E-state index contributed by atoms with van der Waals surface area (Å²) in [6.07, 6.45) is 3.18. The van der Waals surface area contributed by atoms with Crippen molar-refractivity contribution in [3.8, 4) is 5.75 Å². The van der Waals surface area contributed by atoms with E-state index in [1.54, 1.807) is 19.2 Å². The molecule has 1 aliphatic heterocycles. The van der Waals surface area contributed by atoms with Crippen LogP contribution in [-0.2, 0) is 13.0 Å². The van der Waals surface area contributed by atoms with Gasteiger partial charge >= 0.3 is 0 Å². The average Bonchev–Trinajstić information content (AvgIpc) is 2.79. The van der Waals surface area contributed by atoms with Gasteiger partial charge in [-0.2, -0.15) is 0 Å². The van der Waals surface area contributed by atoms with Gasteiger partial charge in [-0.1, -0.05) is 36.4 Å². The average molecular weight is 422 g/mol. The second-order valence-electron chi connectivity index (χ2n) is 8.66. The first-order chi connectivity index (χ1) is 15.1. The number of fused-ring (bicyclic) bond motifs is 1. The first kappa shape index (κ1) is 21.7. The lowest BCUT2D eigenvalue weighted by molar-refractivity contribution is 0.152. The summed E-state index contributed by atoms with van der Waals surface area (Å²) in [5.74, 6) is 1.44. The van der Waals surface area contributed by atoms with Crippen molar-refractivity contribution in [2.75, 3.05) is 40.3 Å². The monoisotopic (exact) mass is 421 g/mol. The predicted molar refractivity (Wildman–Crippen MR) is 124 cm³/mol. The fraction of sp³-hybridized carbons (Fsp3) is 0.423. The number of ether oxygens (including phenoxy) is 1. The number of methoxy groups -OCH3 is 1. The molecule has 164 valence electrons. The molecule has 0 N–H and O–H groups in total. The first-order valence-electron chi connectivity index (χ1n) is 11.2. The summed E-state index contributed by atoms with van der Waals surface area (Å²) >= 11 is 0. The minimum atomic E-state index is -0.0843. The molecule has 0 bridgehead atoms. The van der Waals surface area contributed by atoms with Crippen LogP contribution in [0.5, 0.6) is 5.75 Å². The number of benzene rings is 2. The number of hydrogen-bond acceptors (Lipinski definition) is 4. The van der Waals surface area contributed by atoms with Crippen molar-refractivity contribution in [2.45, 2.75) is 25.8 Å². The van der Waals surface area contributed by atoms with E-state index in [2.05, 4.69) is 35.0 Å². The molecule has 0 spiro atoms. The zero-order valence-corrected chi connectivity index (χ0v) is 18.6. The van der Waals surface area contributed by atoms with Crippen LogP contribution in [0.4, 0.5) is 4.39 Å². The van der Waals surface area contributed by atoms with Crippen molar-refractivity contribution in [3.63, 3.8) is 0 Å². The Morgan fingerprint density at radius 2 is 1.87 bits per heavy atom. The molecule has 0 radical (unpaired) electrons. The molecule has 31 heavy (non-hydrogen) atoms. The zero-order valence-electron chi connectivity index (χ0n) is 18.6. The zero-order chi connectivity index (χ0) is 21.6. The Hall–Kier alpha value is -2.50. The van der Waals surface area contributed by atoms with Gasteiger partial charge in [-0.25, -0.2) is 9.37 Å². The summed E-state index contributed by atoms with van der Waals surface area (Å²) in [4.78, 5) is 9.70. The lowest BCUT2D eigenvalue weighted by Gasteiger charge is -2.34. The summed E-state index contributed by atoms with van der Waals surface area (Å²) in [5.41, 5.74) is 2.82. The van der Waals surface area contributed by atoms with Gasteiger partial charge in [0, 0.05) is 25.0 Å². The van der Waals surface area contributed by atoms with E-state index in [9.17, 15) is 4.39 Å². The maximum Gasteiger partial charge on any atom is 0.145 e. The van der Waals surface area contributed by atoms with Crippen molar-refractivity contribution in [2.24, 2.45) is 5.92 Å². The number of piperidine rings is 1. The van der Waals surface area contributed by atoms with Crippen LogP contribution in [0.25, 0.3) is 10.9 Å². The van der Waals surface area contributed by atoms with Crippen molar-refractivity contribution in [1.29, 1.82) is 0 Å². The van der Waals surface area contributed by atoms with Gasteiger partial charge in [-0.3, -0.25) is 0 Å². The molecule has 0 unspecified atom stereocenters. The number of para-hydroxylation sites is 1. The number of pyridine rings is 1. The Balaban J connectivity index is 1.25. The molecule has 1 saturated heterocycles. The first-order valence-corrected chi connectivity index (χ1v) is 11.2. The Morgan fingerprint density at radius 3 is 2.65 bits per heavy atom. The Kier molecular flexibility index (Phi) is 7.15. The third kappa shape index (κ3) is 5.60. The van der Waals surface area contributed by atoms with Gasteiger partial charge in [0.2, 0.25) is 0 Å². The number of halogens is 1. The SMILES string of the molecule is COc1cccc2ccc(CN(C)CC3CCN(CCc4ccccc4F)CC3)nc12. The van der Waals surface area contributed by atoms with Gasteiger partial charge in [-0.05, 0) is 69.1 Å². The topological polar surface area (TPSA) is 28.6 Å². The maximum absolute atomic E-state index is 13.8. The van der Waals surface area contributed by atoms with E-state index in [0.717, 1.165) is 67.1 Å². The van der Waals surface area contributed by atoms with Crippen molar-refractivity contribution >= 4 is 10.9 Å². The lowest BCUT2D eigenvalue weighted by atomic mass is 9.96. The molecule has 2 heterocycles. The van der Waals surface area contributed by atoms with Crippen LogP contribution < -0.4 is 4.74 Å². The van der Waals surface area contributed by atoms with Crippen LogP contribution in [0.1, 0.15) is 24.1 Å². The molecule has 1 fully saturated rings. The smallest absolute Gasteiger partial charge is 0.145 e. The molecule has 1 aliphatic rings. The quantitative estimate of drug-likeness (QED) is 0.524. The number of hydrogen-bond donors (Lipinski definition) is 0. The third-order valence-corrected chi connectivity index (χ3v) is 6.32. The second-order valence-corrected chi connectivity index (χ2v) is 8.66. The fourth-order valence-electron chi connectivity index (χ4n) is 4.57. The molecule has 2 aromatic carbocycles. The minimum Gasteiger partial charge on any atom is -0.494 e. The van der Waals surface area contributed by atoms with Crippen LogP contribution in [0.2, 0.25) is 0 Å². The lowest BCUT2D eigenvalue weighted by Crippen LogP contribution is -2.38.